The molecule has 4 rings (SSSR count). The van der Waals surface area contributed by atoms with Gasteiger partial charge in [0, 0.05) is 50.5 Å². The molecule has 0 amide bonds. The number of hydrogen-bond donors (Lipinski definition) is 1. The van der Waals surface area contributed by atoms with Gasteiger partial charge in [0.1, 0.15) is 5.60 Å². The number of fused-ring (bicyclic) bond motifs is 2. The fourth-order valence-electron chi connectivity index (χ4n) is 4.84. The maximum absolute atomic E-state index is 9.72. The van der Waals surface area contributed by atoms with Crippen LogP contribution in [0.15, 0.2) is 24.4 Å². The summed E-state index contributed by atoms with van der Waals surface area (Å²) in [5.41, 5.74) is 3.68. The lowest BCUT2D eigenvalue weighted by Crippen LogP contribution is -2.59. The van der Waals surface area contributed by atoms with Gasteiger partial charge >= 0.3 is 0 Å². The molecule has 0 spiro atoms. The molecular weight excluding hydrogens is 276 g/mol. The third kappa shape index (κ3) is 1.69. The second-order valence-corrected chi connectivity index (χ2v) is 6.97. The number of benzene rings is 1. The third-order valence-corrected chi connectivity index (χ3v) is 5.79. The van der Waals surface area contributed by atoms with Crippen molar-refractivity contribution >= 4 is 10.9 Å². The average molecular weight is 300 g/mol. The number of aliphatic hydroxyl groups is 1. The van der Waals surface area contributed by atoms with Crippen LogP contribution in [0.2, 0.25) is 0 Å². The molecule has 2 aliphatic rings. The standard InChI is InChI=1S/C18H24N2O2/c1-19-10-13-7-16-18(22-3,8-12(11-21)9-20(16)2)14-5-4-6-15(19)17(13)14/h4-6,10,12,16,21H,7-9,11H2,1-3H3/t12-,16?,18+/m1/s1. The van der Waals surface area contributed by atoms with Crippen molar-refractivity contribution in [2.24, 2.45) is 13.0 Å². The van der Waals surface area contributed by atoms with Crippen LogP contribution in [0, 0.1) is 5.92 Å². The Kier molecular flexibility index (Phi) is 3.12. The quantitative estimate of drug-likeness (QED) is 0.920. The molecule has 4 heteroatoms. The smallest absolute Gasteiger partial charge is 0.110 e. The van der Waals surface area contributed by atoms with Crippen LogP contribution in [-0.4, -0.2) is 47.9 Å². The first-order valence-corrected chi connectivity index (χ1v) is 8.04. The summed E-state index contributed by atoms with van der Waals surface area (Å²) in [6, 6.07) is 6.87. The van der Waals surface area contributed by atoms with E-state index < -0.39 is 0 Å². The number of methoxy groups -OCH3 is 1. The molecule has 0 saturated carbocycles. The van der Waals surface area contributed by atoms with Gasteiger partial charge in [0.15, 0.2) is 0 Å². The van der Waals surface area contributed by atoms with E-state index in [2.05, 4.69) is 48.0 Å². The van der Waals surface area contributed by atoms with E-state index in [1.54, 1.807) is 0 Å². The molecule has 1 saturated heterocycles. The van der Waals surface area contributed by atoms with E-state index >= 15 is 0 Å². The number of aryl methyl sites for hydroxylation is 1. The summed E-state index contributed by atoms with van der Waals surface area (Å²) in [6.07, 6.45) is 4.17. The fraction of sp³-hybridized carbons (Fsp3) is 0.556. The van der Waals surface area contributed by atoms with Gasteiger partial charge in [0.25, 0.3) is 0 Å². The Hall–Kier alpha value is -1.36. The summed E-state index contributed by atoms with van der Waals surface area (Å²) in [5, 5.41) is 11.1. The highest BCUT2D eigenvalue weighted by atomic mass is 16.5. The lowest BCUT2D eigenvalue weighted by atomic mass is 9.69. The molecule has 0 radical (unpaired) electrons. The number of nitrogens with zero attached hydrogens (tertiary/aromatic N) is 2. The second kappa shape index (κ2) is 4.82. The molecule has 2 heterocycles. The molecule has 4 nitrogen and oxygen atoms in total. The van der Waals surface area contributed by atoms with E-state index in [9.17, 15) is 5.11 Å². The number of piperidine rings is 1. The van der Waals surface area contributed by atoms with Crippen molar-refractivity contribution in [1.29, 1.82) is 0 Å². The van der Waals surface area contributed by atoms with Crippen molar-refractivity contribution in [3.05, 3.63) is 35.5 Å². The van der Waals surface area contributed by atoms with Crippen LogP contribution in [0.5, 0.6) is 0 Å². The normalized spacial score (nSPS) is 31.5. The highest BCUT2D eigenvalue weighted by Gasteiger charge is 2.51. The van der Waals surface area contributed by atoms with Gasteiger partial charge in [-0.15, -0.1) is 0 Å². The summed E-state index contributed by atoms with van der Waals surface area (Å²) >= 11 is 0. The monoisotopic (exact) mass is 300 g/mol. The zero-order chi connectivity index (χ0) is 15.5. The van der Waals surface area contributed by atoms with Crippen molar-refractivity contribution in [3.63, 3.8) is 0 Å². The Morgan fingerprint density at radius 3 is 2.91 bits per heavy atom. The molecule has 0 bridgehead atoms. The fourth-order valence-corrected chi connectivity index (χ4v) is 4.84. The minimum absolute atomic E-state index is 0.222. The maximum atomic E-state index is 9.72. The summed E-state index contributed by atoms with van der Waals surface area (Å²) in [4.78, 5) is 2.38. The number of likely N-dealkylation sites (tertiary alicyclic amines) is 1. The minimum atomic E-state index is -0.311. The van der Waals surface area contributed by atoms with Gasteiger partial charge in [-0.1, -0.05) is 12.1 Å². The number of ether oxygens (including phenoxy) is 1. The van der Waals surface area contributed by atoms with Crippen molar-refractivity contribution in [3.8, 4) is 0 Å². The zero-order valence-corrected chi connectivity index (χ0v) is 13.5. The van der Waals surface area contributed by atoms with Crippen molar-refractivity contribution in [2.45, 2.75) is 24.5 Å². The summed E-state index contributed by atoms with van der Waals surface area (Å²) in [5.74, 6) is 0.265. The molecule has 118 valence electrons. The van der Waals surface area contributed by atoms with Gasteiger partial charge in [-0.3, -0.25) is 4.90 Å². The number of rotatable bonds is 2. The van der Waals surface area contributed by atoms with Crippen LogP contribution in [0.1, 0.15) is 17.5 Å². The van der Waals surface area contributed by atoms with Gasteiger partial charge < -0.3 is 14.4 Å². The molecule has 3 atom stereocenters. The predicted molar refractivity (Wildman–Crippen MR) is 86.9 cm³/mol. The molecule has 1 aliphatic carbocycles. The lowest BCUT2D eigenvalue weighted by Gasteiger charge is -2.52. The summed E-state index contributed by atoms with van der Waals surface area (Å²) in [6.45, 7) is 1.16. The van der Waals surface area contributed by atoms with Crippen LogP contribution in [-0.2, 0) is 23.8 Å². The predicted octanol–water partition coefficient (Wildman–Crippen LogP) is 1.89. The van der Waals surface area contributed by atoms with E-state index in [1.807, 2.05) is 7.11 Å². The Labute approximate surface area is 131 Å². The average Bonchev–Trinajstić information content (AvgIpc) is 2.86. The molecule has 22 heavy (non-hydrogen) atoms. The minimum Gasteiger partial charge on any atom is -0.396 e. The van der Waals surface area contributed by atoms with Crippen LogP contribution >= 0.6 is 0 Å². The van der Waals surface area contributed by atoms with Crippen molar-refractivity contribution < 1.29 is 9.84 Å². The Morgan fingerprint density at radius 1 is 1.36 bits per heavy atom. The molecule has 1 aromatic carbocycles. The SMILES string of the molecule is CO[C@]12C[C@@H](CO)CN(C)C1Cc1cn(C)c3cccc2c13. The van der Waals surface area contributed by atoms with Crippen LogP contribution in [0.25, 0.3) is 10.9 Å². The van der Waals surface area contributed by atoms with E-state index in [4.69, 9.17) is 4.74 Å². The second-order valence-electron chi connectivity index (χ2n) is 6.97. The van der Waals surface area contributed by atoms with E-state index in [0.717, 1.165) is 19.4 Å². The van der Waals surface area contributed by atoms with E-state index in [-0.39, 0.29) is 18.1 Å². The molecular formula is C18H24N2O2. The highest BCUT2D eigenvalue weighted by Crippen LogP contribution is 2.49. The van der Waals surface area contributed by atoms with Crippen LogP contribution in [0.4, 0.5) is 0 Å². The first kappa shape index (κ1) is 14.2. The first-order chi connectivity index (χ1) is 10.6. The summed E-state index contributed by atoms with van der Waals surface area (Å²) < 4.78 is 8.40. The third-order valence-electron chi connectivity index (χ3n) is 5.79. The van der Waals surface area contributed by atoms with Gasteiger partial charge in [-0.05, 0) is 43.0 Å². The van der Waals surface area contributed by atoms with Crippen molar-refractivity contribution in [1.82, 2.24) is 9.47 Å². The number of aromatic nitrogens is 1. The van der Waals surface area contributed by atoms with Gasteiger partial charge in [0.05, 0.1) is 0 Å². The molecule has 1 aromatic heterocycles. The molecule has 1 unspecified atom stereocenters. The largest absolute Gasteiger partial charge is 0.396 e. The Morgan fingerprint density at radius 2 is 2.18 bits per heavy atom. The lowest BCUT2D eigenvalue weighted by molar-refractivity contribution is -0.130. The van der Waals surface area contributed by atoms with Crippen LogP contribution < -0.4 is 0 Å². The van der Waals surface area contributed by atoms with E-state index in [1.165, 1.54) is 22.0 Å². The van der Waals surface area contributed by atoms with Gasteiger partial charge in [-0.25, -0.2) is 0 Å². The number of likely N-dealkylation sites (N-methyl/N-ethyl adjacent to an activating group) is 1. The summed E-state index contributed by atoms with van der Waals surface area (Å²) in [7, 11) is 6.10. The van der Waals surface area contributed by atoms with E-state index in [0.29, 0.717) is 6.04 Å². The van der Waals surface area contributed by atoms with Crippen LogP contribution in [0.3, 0.4) is 0 Å². The molecule has 1 fully saturated rings. The number of hydrogen-bond acceptors (Lipinski definition) is 3. The van der Waals surface area contributed by atoms with Gasteiger partial charge in [-0.2, -0.15) is 0 Å². The topological polar surface area (TPSA) is 37.6 Å². The maximum Gasteiger partial charge on any atom is 0.110 e. The van der Waals surface area contributed by atoms with Crippen molar-refractivity contribution in [2.75, 3.05) is 27.3 Å². The first-order valence-electron chi connectivity index (χ1n) is 8.04. The Balaban J connectivity index is 1.98. The Bertz CT molecular complexity index is 723. The van der Waals surface area contributed by atoms with Gasteiger partial charge in [0.2, 0.25) is 0 Å². The molecule has 1 N–H and O–H groups in total. The zero-order valence-electron chi connectivity index (χ0n) is 13.5. The molecule has 2 aromatic rings. The highest BCUT2D eigenvalue weighted by molar-refractivity contribution is 5.89. The molecule has 1 aliphatic heterocycles. The number of aliphatic hydroxyl groups excluding tert-OH is 1.